The molecular formula is C15H22N2O2. The Morgan fingerprint density at radius 2 is 2.00 bits per heavy atom. The van der Waals surface area contributed by atoms with E-state index in [0.717, 1.165) is 19.3 Å². The zero-order valence-electron chi connectivity index (χ0n) is 11.3. The number of nitrogens with zero attached hydrogens (tertiary/aromatic N) is 1. The van der Waals surface area contributed by atoms with Gasteiger partial charge >= 0.3 is 5.97 Å². The number of carbonyl (C=O) groups is 1. The topological polar surface area (TPSA) is 66.0 Å². The SMILES string of the molecule is O=C(O)CC1CCCc2[nH]nc(C3CCCCC3)c21. The lowest BCUT2D eigenvalue weighted by Crippen LogP contribution is -2.16. The minimum absolute atomic E-state index is 0.178. The smallest absolute Gasteiger partial charge is 0.303 e. The summed E-state index contributed by atoms with van der Waals surface area (Å²) in [6.45, 7) is 0. The predicted molar refractivity (Wildman–Crippen MR) is 72.3 cm³/mol. The molecule has 2 N–H and O–H groups in total. The van der Waals surface area contributed by atoms with Gasteiger partial charge in [0.05, 0.1) is 12.1 Å². The molecule has 0 amide bonds. The first-order chi connectivity index (χ1) is 9.25. The summed E-state index contributed by atoms with van der Waals surface area (Å²) < 4.78 is 0. The van der Waals surface area contributed by atoms with Crippen LogP contribution in [0.25, 0.3) is 0 Å². The van der Waals surface area contributed by atoms with E-state index in [1.54, 1.807) is 0 Å². The van der Waals surface area contributed by atoms with Gasteiger partial charge in [-0.1, -0.05) is 19.3 Å². The van der Waals surface area contributed by atoms with Crippen molar-refractivity contribution in [1.82, 2.24) is 10.2 Å². The molecule has 0 aliphatic heterocycles. The highest BCUT2D eigenvalue weighted by atomic mass is 16.4. The number of aryl methyl sites for hydroxylation is 1. The molecule has 1 saturated carbocycles. The Balaban J connectivity index is 1.89. The van der Waals surface area contributed by atoms with Gasteiger partial charge in [-0.3, -0.25) is 9.89 Å². The molecule has 1 atom stereocenters. The second-order valence-corrected chi connectivity index (χ2v) is 6.02. The second kappa shape index (κ2) is 5.35. The highest BCUT2D eigenvalue weighted by Gasteiger charge is 2.31. The number of aromatic amines is 1. The minimum atomic E-state index is -0.686. The van der Waals surface area contributed by atoms with Crippen LogP contribution in [0.1, 0.15) is 80.2 Å². The predicted octanol–water partition coefficient (Wildman–Crippen LogP) is 3.35. The summed E-state index contributed by atoms with van der Waals surface area (Å²) in [7, 11) is 0. The van der Waals surface area contributed by atoms with Crippen LogP contribution in [0.15, 0.2) is 0 Å². The summed E-state index contributed by atoms with van der Waals surface area (Å²) in [5.41, 5.74) is 3.67. The molecule has 1 heterocycles. The van der Waals surface area contributed by atoms with Crippen molar-refractivity contribution >= 4 is 5.97 Å². The molecule has 4 nitrogen and oxygen atoms in total. The highest BCUT2D eigenvalue weighted by Crippen LogP contribution is 2.41. The van der Waals surface area contributed by atoms with Crippen LogP contribution in [0.4, 0.5) is 0 Å². The fourth-order valence-electron chi connectivity index (χ4n) is 3.82. The van der Waals surface area contributed by atoms with Gasteiger partial charge in [-0.25, -0.2) is 0 Å². The summed E-state index contributed by atoms with van der Waals surface area (Å²) in [6, 6.07) is 0. The maximum Gasteiger partial charge on any atom is 0.303 e. The van der Waals surface area contributed by atoms with Crippen LogP contribution >= 0.6 is 0 Å². The summed E-state index contributed by atoms with van der Waals surface area (Å²) in [5.74, 6) is 0.0497. The summed E-state index contributed by atoms with van der Waals surface area (Å²) in [4.78, 5) is 11.1. The number of rotatable bonds is 3. The van der Waals surface area contributed by atoms with Gasteiger partial charge in [0, 0.05) is 17.2 Å². The molecule has 2 aliphatic carbocycles. The fraction of sp³-hybridized carbons (Fsp3) is 0.733. The van der Waals surface area contributed by atoms with Gasteiger partial charge in [0.1, 0.15) is 0 Å². The number of aliphatic carboxylic acids is 1. The number of nitrogens with one attached hydrogen (secondary N) is 1. The molecule has 4 heteroatoms. The molecule has 1 unspecified atom stereocenters. The van der Waals surface area contributed by atoms with E-state index in [1.807, 2.05) is 0 Å². The Labute approximate surface area is 113 Å². The maximum absolute atomic E-state index is 11.1. The van der Waals surface area contributed by atoms with Crippen molar-refractivity contribution in [2.75, 3.05) is 0 Å². The third-order valence-corrected chi connectivity index (χ3v) is 4.71. The fourth-order valence-corrected chi connectivity index (χ4v) is 3.82. The third-order valence-electron chi connectivity index (χ3n) is 4.71. The number of aromatic nitrogens is 2. The van der Waals surface area contributed by atoms with E-state index in [9.17, 15) is 4.79 Å². The van der Waals surface area contributed by atoms with Gasteiger partial charge in [-0.05, 0) is 38.0 Å². The van der Waals surface area contributed by atoms with Crippen molar-refractivity contribution in [3.8, 4) is 0 Å². The lowest BCUT2D eigenvalue weighted by molar-refractivity contribution is -0.137. The van der Waals surface area contributed by atoms with Crippen LogP contribution in [0.2, 0.25) is 0 Å². The Morgan fingerprint density at radius 1 is 1.21 bits per heavy atom. The minimum Gasteiger partial charge on any atom is -0.481 e. The van der Waals surface area contributed by atoms with Crippen molar-refractivity contribution in [2.24, 2.45) is 0 Å². The van der Waals surface area contributed by atoms with Gasteiger partial charge in [0.2, 0.25) is 0 Å². The van der Waals surface area contributed by atoms with Crippen LogP contribution in [0.3, 0.4) is 0 Å². The largest absolute Gasteiger partial charge is 0.481 e. The van der Waals surface area contributed by atoms with Crippen LogP contribution in [0, 0.1) is 0 Å². The summed E-state index contributed by atoms with van der Waals surface area (Å²) in [6.07, 6.45) is 9.72. The lowest BCUT2D eigenvalue weighted by Gasteiger charge is -2.26. The molecule has 2 aliphatic rings. The van der Waals surface area contributed by atoms with E-state index in [0.29, 0.717) is 5.92 Å². The first kappa shape index (κ1) is 12.7. The lowest BCUT2D eigenvalue weighted by atomic mass is 9.78. The monoisotopic (exact) mass is 262 g/mol. The highest BCUT2D eigenvalue weighted by molar-refractivity contribution is 5.68. The van der Waals surface area contributed by atoms with E-state index in [-0.39, 0.29) is 12.3 Å². The van der Waals surface area contributed by atoms with Gasteiger partial charge < -0.3 is 5.11 Å². The van der Waals surface area contributed by atoms with Crippen LogP contribution < -0.4 is 0 Å². The molecule has 0 saturated heterocycles. The molecule has 1 fully saturated rings. The van der Waals surface area contributed by atoms with E-state index in [2.05, 4.69) is 10.2 Å². The van der Waals surface area contributed by atoms with E-state index < -0.39 is 5.97 Å². The van der Waals surface area contributed by atoms with Crippen molar-refractivity contribution in [3.63, 3.8) is 0 Å². The van der Waals surface area contributed by atoms with Crippen molar-refractivity contribution in [1.29, 1.82) is 0 Å². The Hall–Kier alpha value is -1.32. The number of hydrogen-bond acceptors (Lipinski definition) is 2. The summed E-state index contributed by atoms with van der Waals surface area (Å²) in [5, 5.41) is 16.8. The summed E-state index contributed by atoms with van der Waals surface area (Å²) >= 11 is 0. The van der Waals surface area contributed by atoms with Crippen LogP contribution in [-0.2, 0) is 11.2 Å². The standard InChI is InChI=1S/C15H22N2O2/c18-13(19)9-11-7-4-8-12-14(11)15(17-16-12)10-5-2-1-3-6-10/h10-11H,1-9H2,(H,16,17)(H,18,19). The quantitative estimate of drug-likeness (QED) is 0.877. The molecule has 19 heavy (non-hydrogen) atoms. The Kier molecular flexibility index (Phi) is 3.58. The average Bonchev–Trinajstić information content (AvgIpc) is 2.84. The first-order valence-electron chi connectivity index (χ1n) is 7.54. The van der Waals surface area contributed by atoms with Crippen molar-refractivity contribution in [2.45, 2.75) is 69.6 Å². The van der Waals surface area contributed by atoms with Gasteiger partial charge in [-0.15, -0.1) is 0 Å². The molecule has 0 radical (unpaired) electrons. The molecule has 0 aromatic carbocycles. The van der Waals surface area contributed by atoms with E-state index in [4.69, 9.17) is 5.11 Å². The number of carboxylic acid groups (broad SMARTS) is 1. The molecule has 0 spiro atoms. The van der Waals surface area contributed by atoms with E-state index in [1.165, 1.54) is 49.1 Å². The van der Waals surface area contributed by atoms with Gasteiger partial charge in [0.15, 0.2) is 0 Å². The zero-order valence-corrected chi connectivity index (χ0v) is 11.3. The second-order valence-electron chi connectivity index (χ2n) is 6.02. The molecule has 3 rings (SSSR count). The molecule has 1 aromatic heterocycles. The normalized spacial score (nSPS) is 24.1. The van der Waals surface area contributed by atoms with E-state index >= 15 is 0 Å². The number of carboxylic acids is 1. The first-order valence-corrected chi connectivity index (χ1v) is 7.54. The molecule has 0 bridgehead atoms. The van der Waals surface area contributed by atoms with Crippen LogP contribution in [-0.4, -0.2) is 21.3 Å². The van der Waals surface area contributed by atoms with Gasteiger partial charge in [-0.2, -0.15) is 5.10 Å². The van der Waals surface area contributed by atoms with Crippen molar-refractivity contribution in [3.05, 3.63) is 17.0 Å². The molecular weight excluding hydrogens is 240 g/mol. The van der Waals surface area contributed by atoms with Crippen molar-refractivity contribution < 1.29 is 9.90 Å². The maximum atomic E-state index is 11.1. The molecule has 104 valence electrons. The zero-order chi connectivity index (χ0) is 13.2. The molecule has 1 aromatic rings. The Morgan fingerprint density at radius 3 is 2.74 bits per heavy atom. The number of H-pyrrole nitrogens is 1. The van der Waals surface area contributed by atoms with Gasteiger partial charge in [0.25, 0.3) is 0 Å². The average molecular weight is 262 g/mol. The number of fused-ring (bicyclic) bond motifs is 1. The number of hydrogen-bond donors (Lipinski definition) is 2. The Bertz CT molecular complexity index is 461. The van der Waals surface area contributed by atoms with Crippen LogP contribution in [0.5, 0.6) is 0 Å². The third kappa shape index (κ3) is 2.53.